The van der Waals surface area contributed by atoms with Crippen molar-refractivity contribution in [3.8, 4) is 46.0 Å². The number of aromatic nitrogens is 2. The first-order valence-electron chi connectivity index (χ1n) is 17.3. The lowest BCUT2D eigenvalue weighted by molar-refractivity contribution is 1.18. The third kappa shape index (κ3) is 5.16. The van der Waals surface area contributed by atoms with Gasteiger partial charge in [-0.05, 0) is 107 Å². The molecule has 0 radical (unpaired) electrons. The van der Waals surface area contributed by atoms with E-state index in [9.17, 15) is 0 Å². The second kappa shape index (κ2) is 12.6. The summed E-state index contributed by atoms with van der Waals surface area (Å²) in [4.78, 5) is 0. The highest BCUT2D eigenvalue weighted by Gasteiger charge is 2.16. The molecule has 0 aliphatic carbocycles. The normalized spacial score (nSPS) is 12.0. The number of rotatable bonds is 6. The van der Waals surface area contributed by atoms with Gasteiger partial charge in [0.05, 0.1) is 22.1 Å². The van der Waals surface area contributed by atoms with Crippen LogP contribution in [-0.2, 0) is 0 Å². The molecule has 9 aromatic rings. The summed E-state index contributed by atoms with van der Waals surface area (Å²) in [6.45, 7) is 2.01. The maximum atomic E-state index is 5.62. The monoisotopic (exact) mass is 650 g/mol. The molecule has 0 saturated heterocycles. The summed E-state index contributed by atoms with van der Waals surface area (Å²) in [5, 5.41) is 4.96. The lowest BCUT2D eigenvalue weighted by atomic mass is 10.0. The van der Waals surface area contributed by atoms with Crippen LogP contribution in [0.2, 0.25) is 0 Å². The molecule has 2 heterocycles. The van der Waals surface area contributed by atoms with E-state index < -0.39 is 0 Å². The van der Waals surface area contributed by atoms with Gasteiger partial charge in [-0.2, -0.15) is 0 Å². The summed E-state index contributed by atoms with van der Waals surface area (Å²) in [5.74, 6) is 2.67. The summed E-state index contributed by atoms with van der Waals surface area (Å²) in [6, 6.07) is 59.3. The maximum Gasteiger partial charge on any atom is 0.0541 e. The highest BCUT2D eigenvalue weighted by molar-refractivity contribution is 6.12. The van der Waals surface area contributed by atoms with Gasteiger partial charge < -0.3 is 9.13 Å². The number of fused-ring (bicyclic) bond motifs is 6. The van der Waals surface area contributed by atoms with E-state index in [1.165, 1.54) is 65.9 Å². The third-order valence-electron chi connectivity index (χ3n) is 9.96. The minimum absolute atomic E-state index is 1.03. The first-order valence-corrected chi connectivity index (χ1v) is 17.3. The molecule has 0 unspecified atom stereocenters. The zero-order valence-corrected chi connectivity index (χ0v) is 28.3. The predicted octanol–water partition coefficient (Wildman–Crippen LogP) is 12.8. The first-order chi connectivity index (χ1) is 25.2. The molecule has 2 nitrogen and oxygen atoms in total. The van der Waals surface area contributed by atoms with Crippen LogP contribution in [0, 0.1) is 12.3 Å². The SMILES string of the molecule is C#C/C=C(\C=C/C)c1ccc(-n2c3ccccc3c3cc(-c4ccc5c(c4)c4ccccc4n5-c4ccc(-c5ccccc5)cc4)ccc32)cc1. The van der Waals surface area contributed by atoms with Crippen LogP contribution in [0.5, 0.6) is 0 Å². The molecule has 0 fully saturated rings. The second-order valence-electron chi connectivity index (χ2n) is 12.9. The van der Waals surface area contributed by atoms with E-state index in [0.29, 0.717) is 0 Å². The quantitative estimate of drug-likeness (QED) is 0.125. The second-order valence-corrected chi connectivity index (χ2v) is 12.9. The molecule has 0 saturated carbocycles. The van der Waals surface area contributed by atoms with Crippen molar-refractivity contribution >= 4 is 49.2 Å². The molecular formula is C49H34N2. The predicted molar refractivity (Wildman–Crippen MR) is 218 cm³/mol. The Kier molecular flexibility index (Phi) is 7.46. The van der Waals surface area contributed by atoms with E-state index in [-0.39, 0.29) is 0 Å². The van der Waals surface area contributed by atoms with Gasteiger partial charge in [-0.15, -0.1) is 6.42 Å². The number of benzene rings is 7. The van der Waals surface area contributed by atoms with Gasteiger partial charge in [-0.25, -0.2) is 0 Å². The average Bonchev–Trinajstić information content (AvgIpc) is 3.70. The van der Waals surface area contributed by atoms with Crippen molar-refractivity contribution in [2.24, 2.45) is 0 Å². The van der Waals surface area contributed by atoms with Gasteiger partial charge in [0.2, 0.25) is 0 Å². The third-order valence-corrected chi connectivity index (χ3v) is 9.96. The number of hydrogen-bond donors (Lipinski definition) is 0. The topological polar surface area (TPSA) is 9.86 Å². The molecule has 0 N–H and O–H groups in total. The summed E-state index contributed by atoms with van der Waals surface area (Å²) < 4.78 is 4.74. The van der Waals surface area contributed by atoms with Crippen molar-refractivity contribution in [3.63, 3.8) is 0 Å². The molecule has 0 spiro atoms. The fourth-order valence-electron chi connectivity index (χ4n) is 7.59. The molecule has 0 amide bonds. The van der Waals surface area contributed by atoms with E-state index in [2.05, 4.69) is 185 Å². The van der Waals surface area contributed by atoms with Crippen molar-refractivity contribution in [1.29, 1.82) is 0 Å². The van der Waals surface area contributed by atoms with Crippen LogP contribution in [0.4, 0.5) is 0 Å². The Morgan fingerprint density at radius 2 is 0.922 bits per heavy atom. The highest BCUT2D eigenvalue weighted by atomic mass is 15.0. The van der Waals surface area contributed by atoms with Crippen LogP contribution >= 0.6 is 0 Å². The van der Waals surface area contributed by atoms with Gasteiger partial charge in [-0.3, -0.25) is 0 Å². The summed E-state index contributed by atoms with van der Waals surface area (Å²) in [6.07, 6.45) is 11.5. The molecule has 9 rings (SSSR count). The molecule has 240 valence electrons. The fourth-order valence-corrected chi connectivity index (χ4v) is 7.59. The molecular weight excluding hydrogens is 617 g/mol. The van der Waals surface area contributed by atoms with Gasteiger partial charge in [-0.1, -0.05) is 121 Å². The Bertz CT molecular complexity index is 2840. The van der Waals surface area contributed by atoms with E-state index in [1.807, 2.05) is 19.1 Å². The zero-order chi connectivity index (χ0) is 34.3. The number of terminal acetylenes is 1. The minimum atomic E-state index is 1.03. The van der Waals surface area contributed by atoms with Crippen LogP contribution < -0.4 is 0 Å². The smallest absolute Gasteiger partial charge is 0.0541 e. The molecule has 0 aliphatic rings. The van der Waals surface area contributed by atoms with Crippen LogP contribution in [-0.4, -0.2) is 9.13 Å². The zero-order valence-electron chi connectivity index (χ0n) is 28.3. The molecule has 0 aliphatic heterocycles. The Labute approximate surface area is 297 Å². The van der Waals surface area contributed by atoms with Crippen LogP contribution in [0.3, 0.4) is 0 Å². The van der Waals surface area contributed by atoms with Crippen molar-refractivity contribution in [3.05, 3.63) is 188 Å². The van der Waals surface area contributed by atoms with Crippen LogP contribution in [0.1, 0.15) is 12.5 Å². The Morgan fingerprint density at radius 1 is 0.471 bits per heavy atom. The summed E-state index contributed by atoms with van der Waals surface area (Å²) in [7, 11) is 0. The maximum absolute atomic E-state index is 5.62. The molecule has 2 aromatic heterocycles. The first kappa shape index (κ1) is 30.3. The van der Waals surface area contributed by atoms with Gasteiger partial charge in [0.25, 0.3) is 0 Å². The average molecular weight is 651 g/mol. The lowest BCUT2D eigenvalue weighted by Crippen LogP contribution is -1.94. The van der Waals surface area contributed by atoms with Crippen LogP contribution in [0.15, 0.2) is 182 Å². The van der Waals surface area contributed by atoms with Crippen LogP contribution in [0.25, 0.3) is 82.8 Å². The Morgan fingerprint density at radius 3 is 1.45 bits per heavy atom. The van der Waals surface area contributed by atoms with E-state index >= 15 is 0 Å². The van der Waals surface area contributed by atoms with Crippen molar-refractivity contribution in [2.75, 3.05) is 0 Å². The van der Waals surface area contributed by atoms with Crippen molar-refractivity contribution in [1.82, 2.24) is 9.13 Å². The summed E-state index contributed by atoms with van der Waals surface area (Å²) >= 11 is 0. The molecule has 0 atom stereocenters. The largest absolute Gasteiger partial charge is 0.309 e. The molecule has 0 bridgehead atoms. The fraction of sp³-hybridized carbons (Fsp3) is 0.0204. The number of para-hydroxylation sites is 2. The van der Waals surface area contributed by atoms with Gasteiger partial charge >= 0.3 is 0 Å². The van der Waals surface area contributed by atoms with Crippen molar-refractivity contribution in [2.45, 2.75) is 6.92 Å². The minimum Gasteiger partial charge on any atom is -0.309 e. The van der Waals surface area contributed by atoms with Gasteiger partial charge in [0.15, 0.2) is 0 Å². The molecule has 7 aromatic carbocycles. The molecule has 51 heavy (non-hydrogen) atoms. The number of hydrogen-bond acceptors (Lipinski definition) is 0. The highest BCUT2D eigenvalue weighted by Crippen LogP contribution is 2.38. The van der Waals surface area contributed by atoms with E-state index in [1.54, 1.807) is 0 Å². The number of allylic oxidation sites excluding steroid dienone is 4. The van der Waals surface area contributed by atoms with Gasteiger partial charge in [0, 0.05) is 32.9 Å². The summed E-state index contributed by atoms with van der Waals surface area (Å²) in [5.41, 5.74) is 14.0. The van der Waals surface area contributed by atoms with E-state index in [0.717, 1.165) is 22.5 Å². The van der Waals surface area contributed by atoms with E-state index in [4.69, 9.17) is 6.42 Å². The number of nitrogens with zero attached hydrogens (tertiary/aromatic N) is 2. The Hall–Kier alpha value is -6.82. The Balaban J connectivity index is 1.15. The van der Waals surface area contributed by atoms with Crippen molar-refractivity contribution < 1.29 is 0 Å². The van der Waals surface area contributed by atoms with Gasteiger partial charge in [0.1, 0.15) is 0 Å². The molecule has 2 heteroatoms. The lowest BCUT2D eigenvalue weighted by Gasteiger charge is -2.11. The standard InChI is InChI=1S/C49H34N2/c1-3-12-34(13-4-2)36-20-26-40(27-21-36)50-46-18-10-8-16-42(46)44-32-38(24-30-48(44)50)39-25-31-49-45(33-39)43-17-9-11-19-47(43)51(49)41-28-22-37(23-29-41)35-14-6-5-7-15-35/h1,4-33H,2H3/b13-4-,34-12+.